The van der Waals surface area contributed by atoms with E-state index in [0.29, 0.717) is 19.3 Å². The molecule has 0 heterocycles. The third-order valence-electron chi connectivity index (χ3n) is 6.09. The fourth-order valence-electron chi connectivity index (χ4n) is 2.10. The van der Waals surface area contributed by atoms with E-state index in [0.717, 1.165) is 6.29 Å². The quantitative estimate of drug-likeness (QED) is 0.273. The fraction of sp³-hybridized carbons (Fsp3) is 0.900. The van der Waals surface area contributed by atoms with E-state index >= 15 is 0 Å². The van der Waals surface area contributed by atoms with Crippen LogP contribution in [0.15, 0.2) is 0 Å². The molecular formula is C20H42O5Si2. The molecule has 0 aromatic heterocycles. The van der Waals surface area contributed by atoms with E-state index in [1.165, 1.54) is 7.11 Å². The summed E-state index contributed by atoms with van der Waals surface area (Å²) in [7, 11) is -2.83. The van der Waals surface area contributed by atoms with E-state index in [4.69, 9.17) is 13.6 Å². The lowest BCUT2D eigenvalue weighted by Crippen LogP contribution is -2.52. The van der Waals surface area contributed by atoms with Gasteiger partial charge in [-0.05, 0) is 49.1 Å². The summed E-state index contributed by atoms with van der Waals surface area (Å²) in [6, 6.07) is 0. The summed E-state index contributed by atoms with van der Waals surface area (Å²) in [6.45, 7) is 21.6. The molecule has 0 radical (unpaired) electrons. The van der Waals surface area contributed by atoms with Crippen LogP contribution in [0.5, 0.6) is 0 Å². The molecule has 0 N–H and O–H groups in total. The van der Waals surface area contributed by atoms with Gasteiger partial charge in [-0.15, -0.1) is 0 Å². The zero-order valence-electron chi connectivity index (χ0n) is 19.4. The monoisotopic (exact) mass is 418 g/mol. The molecule has 0 saturated carbocycles. The highest BCUT2D eigenvalue weighted by atomic mass is 28.4. The lowest BCUT2D eigenvalue weighted by atomic mass is 10.1. The largest absolute Gasteiger partial charge is 0.469 e. The molecule has 160 valence electrons. The first-order valence-electron chi connectivity index (χ1n) is 9.86. The van der Waals surface area contributed by atoms with Gasteiger partial charge in [0.15, 0.2) is 16.6 Å². The molecule has 0 saturated heterocycles. The molecule has 0 fully saturated rings. The zero-order valence-corrected chi connectivity index (χ0v) is 21.4. The molecule has 2 atom stereocenters. The maximum atomic E-state index is 12.0. The molecule has 0 bridgehead atoms. The van der Waals surface area contributed by atoms with Gasteiger partial charge in [-0.1, -0.05) is 41.5 Å². The second kappa shape index (κ2) is 9.81. The van der Waals surface area contributed by atoms with Crippen molar-refractivity contribution in [3.8, 4) is 0 Å². The number of carbonyl (C=O) groups is 2. The number of ether oxygens (including phenoxy) is 1. The molecule has 5 nitrogen and oxygen atoms in total. The summed E-state index contributed by atoms with van der Waals surface area (Å²) in [5.74, 6) is -0.242. The molecule has 0 aliphatic heterocycles. The average Bonchev–Trinajstić information content (AvgIpc) is 2.49. The number of hydrogen-bond donors (Lipinski definition) is 0. The summed E-state index contributed by atoms with van der Waals surface area (Å²) in [6.07, 6.45) is 1.45. The third kappa shape index (κ3) is 8.17. The van der Waals surface area contributed by atoms with Gasteiger partial charge < -0.3 is 18.4 Å². The minimum atomic E-state index is -2.13. The highest BCUT2D eigenvalue weighted by Gasteiger charge is 2.44. The molecule has 7 heteroatoms. The fourth-order valence-corrected chi connectivity index (χ4v) is 4.71. The van der Waals surface area contributed by atoms with Gasteiger partial charge in [0.05, 0.1) is 13.2 Å². The van der Waals surface area contributed by atoms with Crippen LogP contribution in [0.1, 0.15) is 60.8 Å². The van der Waals surface area contributed by atoms with Crippen molar-refractivity contribution in [1.82, 2.24) is 0 Å². The van der Waals surface area contributed by atoms with E-state index < -0.39 is 22.7 Å². The van der Waals surface area contributed by atoms with Crippen LogP contribution < -0.4 is 0 Å². The topological polar surface area (TPSA) is 61.8 Å². The first-order valence-corrected chi connectivity index (χ1v) is 15.7. The second-order valence-electron chi connectivity index (χ2n) is 10.4. The van der Waals surface area contributed by atoms with Crippen molar-refractivity contribution >= 4 is 28.9 Å². The third-order valence-corrected chi connectivity index (χ3v) is 15.1. The van der Waals surface area contributed by atoms with Crippen molar-refractivity contribution in [2.24, 2.45) is 0 Å². The average molecular weight is 419 g/mol. The van der Waals surface area contributed by atoms with Crippen molar-refractivity contribution in [2.75, 3.05) is 7.11 Å². The van der Waals surface area contributed by atoms with Gasteiger partial charge in [0, 0.05) is 6.42 Å². The maximum Gasteiger partial charge on any atom is 0.305 e. The van der Waals surface area contributed by atoms with Gasteiger partial charge in [0.2, 0.25) is 0 Å². The summed E-state index contributed by atoms with van der Waals surface area (Å²) in [4.78, 5) is 23.5. The second-order valence-corrected chi connectivity index (χ2v) is 19.9. The van der Waals surface area contributed by atoms with Crippen LogP contribution in [0.2, 0.25) is 36.3 Å². The van der Waals surface area contributed by atoms with Crippen LogP contribution in [0.4, 0.5) is 0 Å². The van der Waals surface area contributed by atoms with Crippen molar-refractivity contribution in [2.45, 2.75) is 109 Å². The Morgan fingerprint density at radius 1 is 0.926 bits per heavy atom. The summed E-state index contributed by atoms with van der Waals surface area (Å²) >= 11 is 0. The number of rotatable bonds is 10. The predicted octanol–water partition coefficient (Wildman–Crippen LogP) is 5.31. The molecule has 0 aromatic carbocycles. The van der Waals surface area contributed by atoms with Crippen molar-refractivity contribution in [3.05, 3.63) is 0 Å². The molecule has 27 heavy (non-hydrogen) atoms. The van der Waals surface area contributed by atoms with Crippen LogP contribution in [0.3, 0.4) is 0 Å². The minimum Gasteiger partial charge on any atom is -0.469 e. The summed E-state index contributed by atoms with van der Waals surface area (Å²) in [5, 5.41) is 0.0276. The first kappa shape index (κ1) is 26.5. The van der Waals surface area contributed by atoms with Crippen LogP contribution in [-0.2, 0) is 23.2 Å². The van der Waals surface area contributed by atoms with Crippen LogP contribution in [0, 0.1) is 0 Å². The maximum absolute atomic E-state index is 12.0. The van der Waals surface area contributed by atoms with Crippen molar-refractivity contribution in [3.63, 3.8) is 0 Å². The van der Waals surface area contributed by atoms with E-state index in [-0.39, 0.29) is 22.1 Å². The van der Waals surface area contributed by atoms with Gasteiger partial charge in [0.1, 0.15) is 12.4 Å². The molecule has 0 spiro atoms. The number of aldehydes is 1. The first-order chi connectivity index (χ1) is 12.0. The Bertz CT molecular complexity index is 490. The number of esters is 1. The molecule has 0 amide bonds. The smallest absolute Gasteiger partial charge is 0.305 e. The Morgan fingerprint density at radius 2 is 1.37 bits per heavy atom. The van der Waals surface area contributed by atoms with Gasteiger partial charge in [-0.3, -0.25) is 4.79 Å². The van der Waals surface area contributed by atoms with Crippen molar-refractivity contribution < 1.29 is 23.2 Å². The highest BCUT2D eigenvalue weighted by Crippen LogP contribution is 2.40. The van der Waals surface area contributed by atoms with E-state index in [2.05, 4.69) is 67.7 Å². The van der Waals surface area contributed by atoms with Gasteiger partial charge in [-0.25, -0.2) is 0 Å². The SMILES string of the molecule is COC(=O)CCC[C@H](O[Si](C)(C)C(C)(C)C)[C@H](C=O)O[Si](C)(C)C(C)(C)C. The van der Waals surface area contributed by atoms with Crippen molar-refractivity contribution in [1.29, 1.82) is 0 Å². The zero-order chi connectivity index (χ0) is 21.7. The van der Waals surface area contributed by atoms with E-state index in [9.17, 15) is 9.59 Å². The van der Waals surface area contributed by atoms with E-state index in [1.807, 2.05) is 0 Å². The molecule has 0 rings (SSSR count). The normalized spacial score (nSPS) is 16.0. The summed E-state index contributed by atoms with van der Waals surface area (Å²) < 4.78 is 17.7. The Labute approximate surface area is 168 Å². The van der Waals surface area contributed by atoms with Crippen LogP contribution >= 0.6 is 0 Å². The molecule has 0 aliphatic rings. The predicted molar refractivity (Wildman–Crippen MR) is 116 cm³/mol. The van der Waals surface area contributed by atoms with Crippen LogP contribution in [-0.4, -0.2) is 48.2 Å². The minimum absolute atomic E-state index is 0.00179. The van der Waals surface area contributed by atoms with Gasteiger partial charge >= 0.3 is 5.97 Å². The molecule has 0 aromatic rings. The Morgan fingerprint density at radius 3 is 1.74 bits per heavy atom. The molecule has 0 unspecified atom stereocenters. The molecule has 0 aliphatic carbocycles. The number of hydrogen-bond acceptors (Lipinski definition) is 5. The van der Waals surface area contributed by atoms with Gasteiger partial charge in [0.25, 0.3) is 0 Å². The number of carbonyl (C=O) groups excluding carboxylic acids is 2. The van der Waals surface area contributed by atoms with E-state index in [1.54, 1.807) is 0 Å². The highest BCUT2D eigenvalue weighted by molar-refractivity contribution is 6.74. The lowest BCUT2D eigenvalue weighted by Gasteiger charge is -2.43. The summed E-state index contributed by atoms with van der Waals surface area (Å²) in [5.41, 5.74) is 0. The Balaban J connectivity index is 5.51. The Kier molecular flexibility index (Phi) is 9.62. The lowest BCUT2D eigenvalue weighted by molar-refractivity contribution is -0.140. The number of methoxy groups -OCH3 is 1. The molecular weight excluding hydrogens is 376 g/mol. The van der Waals surface area contributed by atoms with Crippen LogP contribution in [0.25, 0.3) is 0 Å². The Hall–Kier alpha value is -0.506. The van der Waals surface area contributed by atoms with Gasteiger partial charge in [-0.2, -0.15) is 0 Å². The standard InChI is InChI=1S/C20H42O5Si2/c1-19(2,3)26(8,9)24-16(13-12-14-18(22)23-7)17(15-21)25-27(10,11)20(4,5)6/h15-17H,12-14H2,1-11H3/t16-,17-/m0/s1.